The number of likely N-dealkylation sites (tertiary alicyclic amines) is 1. The van der Waals surface area contributed by atoms with Crippen LogP contribution in [0.4, 0.5) is 0 Å². The van der Waals surface area contributed by atoms with Gasteiger partial charge in [0.05, 0.1) is 12.1 Å². The van der Waals surface area contributed by atoms with Crippen molar-refractivity contribution in [2.24, 2.45) is 5.92 Å². The van der Waals surface area contributed by atoms with Crippen molar-refractivity contribution in [3.8, 4) is 6.07 Å². The van der Waals surface area contributed by atoms with Crippen LogP contribution in [0.3, 0.4) is 0 Å². The van der Waals surface area contributed by atoms with Gasteiger partial charge in [-0.05, 0) is 32.7 Å². The molecular formula is C14H22AcN3O-. The molecule has 0 aromatic rings. The third-order valence-corrected chi connectivity index (χ3v) is 3.67. The number of Topliss-reactive ketones (excluding diaryl/α,β-unsaturated/α-hetero) is 1. The molecule has 1 N–H and O–H groups in total. The van der Waals surface area contributed by atoms with Gasteiger partial charge in [-0.15, -0.1) is 0 Å². The van der Waals surface area contributed by atoms with Crippen molar-refractivity contribution in [3.63, 3.8) is 0 Å². The molecule has 4 nitrogen and oxygen atoms in total. The van der Waals surface area contributed by atoms with Gasteiger partial charge in [0.25, 0.3) is 0 Å². The van der Waals surface area contributed by atoms with Gasteiger partial charge in [0.2, 0.25) is 0 Å². The van der Waals surface area contributed by atoms with E-state index in [2.05, 4.69) is 6.07 Å². The molecule has 0 bridgehead atoms. The van der Waals surface area contributed by atoms with Crippen molar-refractivity contribution >= 4 is 5.78 Å². The van der Waals surface area contributed by atoms with E-state index < -0.39 is 6.04 Å². The van der Waals surface area contributed by atoms with Gasteiger partial charge in [-0.3, -0.25) is 4.90 Å². The van der Waals surface area contributed by atoms with E-state index in [1.54, 1.807) is 0 Å². The molecule has 0 aromatic carbocycles. The maximum atomic E-state index is 11.9. The number of likely N-dealkylation sites (N-methyl/N-ethyl adjacent to an activating group) is 1. The van der Waals surface area contributed by atoms with Crippen molar-refractivity contribution in [3.05, 3.63) is 17.9 Å². The molecule has 0 aromatic heterocycles. The van der Waals surface area contributed by atoms with Crippen molar-refractivity contribution in [1.82, 2.24) is 4.90 Å². The van der Waals surface area contributed by atoms with Crippen LogP contribution in [0.1, 0.15) is 33.1 Å². The predicted octanol–water partition coefficient (Wildman–Crippen LogP) is 2.56. The van der Waals surface area contributed by atoms with Gasteiger partial charge in [-0.1, -0.05) is 25.1 Å². The molecule has 1 aliphatic rings. The average Bonchev–Trinajstić information content (AvgIpc) is 2.65. The molecule has 103 valence electrons. The molecule has 1 aliphatic heterocycles. The Kier molecular flexibility index (Phi) is 9.37. The molecule has 1 rings (SSSR count). The second-order valence-electron chi connectivity index (χ2n) is 4.92. The number of hydrogen-bond donors (Lipinski definition) is 0. The number of nitrogens with one attached hydrogen (secondary N) is 1. The van der Waals surface area contributed by atoms with E-state index in [1.807, 2.05) is 37.9 Å². The summed E-state index contributed by atoms with van der Waals surface area (Å²) in [6.07, 6.45) is 5.93. The maximum Gasteiger partial charge on any atom is 0.116 e. The van der Waals surface area contributed by atoms with Crippen molar-refractivity contribution in [2.75, 3.05) is 7.05 Å². The number of allylic oxidation sites excluding steroid dienone is 1. The molecule has 19 heavy (non-hydrogen) atoms. The summed E-state index contributed by atoms with van der Waals surface area (Å²) in [5.74, 6) is 0.121. The summed E-state index contributed by atoms with van der Waals surface area (Å²) < 4.78 is 0. The summed E-state index contributed by atoms with van der Waals surface area (Å²) >= 11 is 0. The topological polar surface area (TPSA) is 67.9 Å². The van der Waals surface area contributed by atoms with Crippen LogP contribution >= 0.6 is 0 Å². The smallest absolute Gasteiger partial charge is 0.116 e. The minimum atomic E-state index is -0.741. The molecule has 0 amide bonds. The normalized spacial score (nSPS) is 28.9. The van der Waals surface area contributed by atoms with Crippen molar-refractivity contribution in [2.45, 2.75) is 51.2 Å². The Hall–Kier alpha value is 0.262. The first-order valence-corrected chi connectivity index (χ1v) is 6.55. The number of hydrogen-bond acceptors (Lipinski definition) is 3. The van der Waals surface area contributed by atoms with Crippen molar-refractivity contribution < 1.29 is 48.9 Å². The van der Waals surface area contributed by atoms with Crippen LogP contribution in [0, 0.1) is 61.3 Å². The van der Waals surface area contributed by atoms with E-state index in [0.717, 1.165) is 12.8 Å². The van der Waals surface area contributed by atoms with Crippen LogP contribution < -0.4 is 0 Å². The van der Waals surface area contributed by atoms with Gasteiger partial charge in [-0.25, -0.2) is 0 Å². The first-order valence-electron chi connectivity index (χ1n) is 6.55. The molecule has 0 unspecified atom stereocenters. The van der Waals surface area contributed by atoms with Crippen LogP contribution in [-0.2, 0) is 4.79 Å². The van der Waals surface area contributed by atoms with Gasteiger partial charge >= 0.3 is 0 Å². The largest absolute Gasteiger partial charge is 0.667 e. The monoisotopic (exact) mass is 475 g/mol. The fraction of sp³-hybridized carbons (Fsp3) is 0.714. The van der Waals surface area contributed by atoms with E-state index in [9.17, 15) is 4.79 Å². The summed E-state index contributed by atoms with van der Waals surface area (Å²) in [5, 5.41) is 9.10. The van der Waals surface area contributed by atoms with Crippen LogP contribution in [0.15, 0.2) is 12.2 Å². The molecule has 0 spiro atoms. The predicted molar refractivity (Wildman–Crippen MR) is 71.9 cm³/mol. The minimum absolute atomic E-state index is 0. The molecule has 5 heteroatoms. The number of ketones is 1. The Morgan fingerprint density at radius 2 is 2.26 bits per heavy atom. The standard InChI is InChI=1S/C14H22N3O.Ac/c1-4-6-10-8-11(9-15)17(3)14(10)13(16)12(18)7-5-2;/h4,6,10-11,13-14,16H,5,7-8H2,1-3H3;/q-1;/b6-4-;/t10-,11-,13+,14-;/m1./s1. The molecule has 1 heterocycles. The molecular weight excluding hydrogens is 453 g/mol. The zero-order chi connectivity index (χ0) is 13.7. The summed E-state index contributed by atoms with van der Waals surface area (Å²) in [5.41, 5.74) is 8.15. The zero-order valence-electron chi connectivity index (χ0n) is 12.0. The van der Waals surface area contributed by atoms with Crippen molar-refractivity contribution in [1.29, 1.82) is 5.26 Å². The third-order valence-electron chi connectivity index (χ3n) is 3.67. The zero-order valence-corrected chi connectivity index (χ0v) is 16.7. The van der Waals surface area contributed by atoms with Gasteiger partial charge in [0.15, 0.2) is 0 Å². The molecule has 1 fully saturated rings. The molecule has 0 saturated carbocycles. The number of rotatable bonds is 5. The summed E-state index contributed by atoms with van der Waals surface area (Å²) in [4.78, 5) is 13.8. The summed E-state index contributed by atoms with van der Waals surface area (Å²) in [6, 6.07) is 1.17. The first-order chi connectivity index (χ1) is 8.56. The molecule has 1 saturated heterocycles. The third kappa shape index (κ3) is 4.64. The number of nitriles is 1. The van der Waals surface area contributed by atoms with Gasteiger partial charge in [0, 0.05) is 56.5 Å². The first kappa shape index (κ1) is 19.3. The average molecular weight is 475 g/mol. The second-order valence-corrected chi connectivity index (χ2v) is 4.92. The molecule has 4 atom stereocenters. The fourth-order valence-corrected chi connectivity index (χ4v) is 2.73. The summed E-state index contributed by atoms with van der Waals surface area (Å²) in [7, 11) is 1.85. The molecule has 0 aliphatic carbocycles. The van der Waals surface area contributed by atoms with Gasteiger partial charge < -0.3 is 10.5 Å². The van der Waals surface area contributed by atoms with E-state index in [-0.39, 0.29) is 67.8 Å². The van der Waals surface area contributed by atoms with Crippen LogP contribution in [-0.4, -0.2) is 35.9 Å². The Morgan fingerprint density at radius 1 is 1.63 bits per heavy atom. The van der Waals surface area contributed by atoms with Crippen LogP contribution in [0.5, 0.6) is 0 Å². The summed E-state index contributed by atoms with van der Waals surface area (Å²) in [6.45, 7) is 3.88. The van der Waals surface area contributed by atoms with Gasteiger partial charge in [-0.2, -0.15) is 5.26 Å². The Bertz CT molecular complexity index is 364. The Morgan fingerprint density at radius 3 is 2.74 bits per heavy atom. The van der Waals surface area contributed by atoms with Gasteiger partial charge in [0.1, 0.15) is 5.78 Å². The molecule has 1 radical (unpaired) electrons. The van der Waals surface area contributed by atoms with E-state index in [4.69, 9.17) is 11.0 Å². The quantitative estimate of drug-likeness (QED) is 0.575. The van der Waals surface area contributed by atoms with E-state index >= 15 is 0 Å². The maximum absolute atomic E-state index is 11.9. The number of carbonyl (C=O) groups is 1. The van der Waals surface area contributed by atoms with Crippen LogP contribution in [0.25, 0.3) is 5.73 Å². The number of nitrogens with zero attached hydrogens (tertiary/aromatic N) is 2. The number of carbonyl (C=O) groups excluding carboxylic acids is 1. The Balaban J connectivity index is 0.00000324. The fourth-order valence-electron chi connectivity index (χ4n) is 2.73. The minimum Gasteiger partial charge on any atom is -0.667 e. The van der Waals surface area contributed by atoms with E-state index in [0.29, 0.717) is 6.42 Å². The Labute approximate surface area is 151 Å². The second kappa shape index (κ2) is 9.24. The van der Waals surface area contributed by atoms with E-state index in [1.165, 1.54) is 0 Å². The van der Waals surface area contributed by atoms with Crippen LogP contribution in [0.2, 0.25) is 0 Å². The SMILES string of the molecule is C/C=C\[C@@H]1C[C@H](C#N)N(C)[C@H]1[C@@H]([NH-])C(=O)CCC.[Ac].